The summed E-state index contributed by atoms with van der Waals surface area (Å²) in [4.78, 5) is 4.68. The van der Waals surface area contributed by atoms with Crippen molar-refractivity contribution in [1.29, 1.82) is 0 Å². The van der Waals surface area contributed by atoms with E-state index in [9.17, 15) is 38.4 Å². The number of rotatable bonds is 12. The number of imidazole rings is 1. The third-order valence-electron chi connectivity index (χ3n) is 16.2. The molecule has 0 fully saturated rings. The minimum atomic E-state index is -7.08. The van der Waals surface area contributed by atoms with E-state index in [0.29, 0.717) is 45.1 Å². The molecule has 1 aliphatic rings. The van der Waals surface area contributed by atoms with Crippen LogP contribution in [0.5, 0.6) is 11.5 Å². The highest BCUT2D eigenvalue weighted by atomic mass is 28.3. The van der Waals surface area contributed by atoms with Gasteiger partial charge in [0.25, 0.3) is 6.33 Å². The standard InChI is InChI=1S/C86H76N4OSi/c1-58-49-73(63-39-45-75-76(52-63)86(8,9)48-47-85(75,6)7)83(81(50-58)92(68-29-16-11-17-30-68,69-31-18-12-19-32-69)70-33-20-13-21-34-70)89-57-88(80-53-62(40-46-78(80)89)60-37-41-64(42-38-60)84(3,4)5)65-27-24-28-66(54-65)91-67-43-44-72-71-35-22-23-36-77(71)90(79(72)55-67)82-51-59(2)74(56-87-82)61-25-14-10-15-26-61/h10-46,49-56H,47-48H2,1-9H3/i1D3,2D3,6D3,7D3,8D3,9D3,10D,11D,12D,13D,14D,15D,16D,17D,18D,19D,20D,21D,25D,26D,29D,30D,31D,32D,33D,34D,39D,45D,47D2,48D2,52D. The van der Waals surface area contributed by atoms with Crippen LogP contribution in [0.2, 0.25) is 0 Å². The fraction of sp³-hybridized carbons (Fsp3) is 0.163. The van der Waals surface area contributed by atoms with Gasteiger partial charge in [-0.05, 0) is 162 Å². The smallest absolute Gasteiger partial charge is 0.269 e. The first-order chi connectivity index (χ1) is 63.0. The first-order valence-corrected chi connectivity index (χ1v) is 30.6. The van der Waals surface area contributed by atoms with E-state index in [-0.39, 0.29) is 39.6 Å². The lowest BCUT2D eigenvalue weighted by Crippen LogP contribution is -2.76. The predicted octanol–water partition coefficient (Wildman–Crippen LogP) is 18.6. The summed E-state index contributed by atoms with van der Waals surface area (Å²) in [6.45, 7) is -19.9. The van der Waals surface area contributed by atoms with Crippen LogP contribution in [0.1, 0.15) is 150 Å². The molecule has 0 aliphatic heterocycles. The van der Waals surface area contributed by atoms with Crippen molar-refractivity contribution in [2.75, 3.05) is 0 Å². The van der Waals surface area contributed by atoms with Gasteiger partial charge < -0.3 is 4.74 Å². The van der Waals surface area contributed by atoms with Crippen LogP contribution in [0.15, 0.2) is 273 Å². The molecule has 15 rings (SSSR count). The number of para-hydroxylation sites is 1. The molecule has 0 atom stereocenters. The largest absolute Gasteiger partial charge is 0.458 e. The van der Waals surface area contributed by atoms with Crippen LogP contribution in [0.4, 0.5) is 0 Å². The summed E-state index contributed by atoms with van der Waals surface area (Å²) in [7, 11) is -7.08. The van der Waals surface area contributed by atoms with Crippen molar-refractivity contribution < 1.29 is 71.0 Å². The van der Waals surface area contributed by atoms with Crippen molar-refractivity contribution in [2.45, 2.75) is 90.9 Å². The predicted molar refractivity (Wildman–Crippen MR) is 386 cm³/mol. The average molecular weight is 1250 g/mol. The van der Waals surface area contributed by atoms with E-state index in [0.717, 1.165) is 16.3 Å². The van der Waals surface area contributed by atoms with Crippen LogP contribution in [-0.4, -0.2) is 22.2 Å². The van der Waals surface area contributed by atoms with E-state index in [4.69, 9.17) is 28.0 Å². The van der Waals surface area contributed by atoms with Gasteiger partial charge in [-0.1, -0.05) is 266 Å². The SMILES string of the molecule is [2H]c1c([2H])c([2H])c(-c2cnc(-n3c4ccccc4c4ccc(Oc5cccc(-n6[c-][n+](-c7c(-c8c([2H])c([2H])c9c(c8[2H])C(C([2H])([2H])[2H])(C([2H])([2H])[2H])C([2H])([2H])C([2H])([2H])C9(C([2H])([2H])[2H])C([2H])([2H])[2H])cc(C([2H])([2H])[2H])cc7[Si](c7c([2H])c([2H])c([2H])c([2H])c7[2H])(c7c([2H])c([2H])c([2H])c([2H])c7[2H])c7c([2H])c([2H])c([2H])c([2H])c7[2H])c7ccc(-c8ccc(C(C)(C)C)cc8)cc76)c5)cc43)cc2C([2H])([2H])[2H])c([2H])c1[2H]. The molecule has 92 heavy (non-hydrogen) atoms. The third kappa shape index (κ3) is 10.1. The number of hydrogen-bond acceptors (Lipinski definition) is 2. The molecule has 5 nitrogen and oxygen atoms in total. The van der Waals surface area contributed by atoms with Crippen LogP contribution < -0.4 is 30.1 Å². The first-order valence-electron chi connectivity index (χ1n) is 51.1. The molecule has 0 unspecified atom stereocenters. The first kappa shape index (κ1) is 27.0. The van der Waals surface area contributed by atoms with Crippen molar-refractivity contribution in [2.24, 2.45) is 0 Å². The lowest BCUT2D eigenvalue weighted by Gasteiger charge is -2.42. The Kier molecular flexibility index (Phi) is 6.64. The summed E-state index contributed by atoms with van der Waals surface area (Å²) in [6.07, 6.45) is -5.71. The second-order valence-electron chi connectivity index (χ2n) is 22.9. The second kappa shape index (κ2) is 22.7. The van der Waals surface area contributed by atoms with Gasteiger partial charge >= 0.3 is 0 Å². The summed E-state index contributed by atoms with van der Waals surface area (Å²) in [5.41, 5.74) is -19.1. The zero-order chi connectivity index (χ0) is 102. The topological polar surface area (TPSA) is 35.9 Å². The lowest BCUT2D eigenvalue weighted by molar-refractivity contribution is -0.570. The van der Waals surface area contributed by atoms with Crippen molar-refractivity contribution in [3.05, 3.63) is 307 Å². The van der Waals surface area contributed by atoms with E-state index in [2.05, 4.69) is 11.3 Å². The molecule has 14 aromatic rings. The number of benzene rings is 11. The zero-order valence-corrected chi connectivity index (χ0v) is 49.9. The van der Waals surface area contributed by atoms with E-state index in [1.54, 1.807) is 59.2 Å². The zero-order valence-electron chi connectivity index (χ0n) is 93.9. The van der Waals surface area contributed by atoms with E-state index < -0.39 is 283 Å². The maximum Gasteiger partial charge on any atom is 0.269 e. The Hall–Kier alpha value is -10.1. The summed E-state index contributed by atoms with van der Waals surface area (Å²) in [5, 5.41) is -4.12. The Balaban J connectivity index is 1.16. The molecule has 0 saturated carbocycles. The number of fused-ring (bicyclic) bond motifs is 5. The highest BCUT2D eigenvalue weighted by Gasteiger charge is 2.45. The Morgan fingerprint density at radius 3 is 1.88 bits per heavy atom. The van der Waals surface area contributed by atoms with Crippen molar-refractivity contribution in [3.8, 4) is 62.1 Å². The van der Waals surface area contributed by atoms with Crippen LogP contribution in [0.25, 0.3) is 83.4 Å². The van der Waals surface area contributed by atoms with Gasteiger partial charge in [-0.3, -0.25) is 13.7 Å². The van der Waals surface area contributed by atoms with Crippen molar-refractivity contribution in [1.82, 2.24) is 14.1 Å². The van der Waals surface area contributed by atoms with Gasteiger partial charge in [0, 0.05) is 58.8 Å². The van der Waals surface area contributed by atoms with Crippen molar-refractivity contribution >= 4 is 61.7 Å². The van der Waals surface area contributed by atoms with Crippen LogP contribution >= 0.6 is 0 Å². The molecule has 0 saturated heterocycles. The third-order valence-corrected chi connectivity index (χ3v) is 20.4. The van der Waals surface area contributed by atoms with Crippen LogP contribution in [-0.2, 0) is 16.2 Å². The van der Waals surface area contributed by atoms with Gasteiger partial charge in [0.15, 0.2) is 8.07 Å². The molecular formula is C86H76N4OSi. The van der Waals surface area contributed by atoms with E-state index >= 15 is 0 Å². The minimum absolute atomic E-state index is 0.0252. The molecular weight excluding hydrogens is 1130 g/mol. The Bertz CT molecular complexity index is 7180. The Labute approximate surface area is 605 Å². The summed E-state index contributed by atoms with van der Waals surface area (Å²) in [5.74, 6) is -0.0996. The molecule has 1 aliphatic carbocycles. The molecule has 0 radical (unpaired) electrons. The number of pyridine rings is 1. The molecule has 450 valence electrons. The number of ether oxygens (including phenoxy) is 1. The molecule has 0 spiro atoms. The van der Waals surface area contributed by atoms with E-state index in [1.807, 2.05) is 32.9 Å². The normalized spacial score (nSPS) is 22.8. The monoisotopic (exact) mass is 1250 g/mol. The minimum Gasteiger partial charge on any atom is -0.458 e. The molecule has 6 heteroatoms. The quantitative estimate of drug-likeness (QED) is 0.0529. The lowest BCUT2D eigenvalue weighted by atomic mass is 9.63. The second-order valence-corrected chi connectivity index (χ2v) is 26.5. The fourth-order valence-corrected chi connectivity index (χ4v) is 15.9. The van der Waals surface area contributed by atoms with Crippen molar-refractivity contribution in [3.63, 3.8) is 0 Å². The maximum atomic E-state index is 10.9. The van der Waals surface area contributed by atoms with E-state index in [1.165, 1.54) is 53.1 Å². The molecule has 0 N–H and O–H groups in total. The molecule has 0 amide bonds. The van der Waals surface area contributed by atoms with Gasteiger partial charge in [0.2, 0.25) is 0 Å². The summed E-state index contributed by atoms with van der Waals surface area (Å²) in [6, 6.07) is 0.755. The highest BCUT2D eigenvalue weighted by Crippen LogP contribution is 2.48. The molecule has 3 heterocycles. The molecule has 11 aromatic carbocycles. The van der Waals surface area contributed by atoms with Gasteiger partial charge in [0.1, 0.15) is 17.3 Å². The molecule has 0 bridgehead atoms. The highest BCUT2D eigenvalue weighted by molar-refractivity contribution is 7.20. The summed E-state index contributed by atoms with van der Waals surface area (Å²) < 4.78 is 437. The average Bonchev–Trinajstić information content (AvgIpc) is 0.839. The van der Waals surface area contributed by atoms with Crippen LogP contribution in [0.3, 0.4) is 0 Å². The van der Waals surface area contributed by atoms with Gasteiger partial charge in [-0.2, -0.15) is 0 Å². The Morgan fingerprint density at radius 1 is 0.554 bits per heavy atom. The van der Waals surface area contributed by atoms with Gasteiger partial charge in [0.05, 0.1) is 65.0 Å². The Morgan fingerprint density at radius 2 is 1.21 bits per heavy atom. The fourth-order valence-electron chi connectivity index (χ4n) is 11.9. The number of hydrogen-bond donors (Lipinski definition) is 0. The summed E-state index contributed by atoms with van der Waals surface area (Å²) >= 11 is 0. The van der Waals surface area contributed by atoms with Gasteiger partial charge in [-0.25, -0.2) is 4.98 Å². The number of aryl methyl sites for hydroxylation is 2. The number of nitrogens with zero attached hydrogens (tertiary/aromatic N) is 4. The van der Waals surface area contributed by atoms with Gasteiger partial charge in [-0.15, -0.1) is 0 Å². The van der Waals surface area contributed by atoms with Crippen LogP contribution in [0, 0.1) is 20.0 Å². The maximum absolute atomic E-state index is 10.9. The molecule has 3 aromatic heterocycles. The number of aromatic nitrogens is 4.